The smallest absolute Gasteiger partial charge is 0.213 e. The number of para-hydroxylation sites is 1. The summed E-state index contributed by atoms with van der Waals surface area (Å²) in [6.45, 7) is 0.363. The highest BCUT2D eigenvalue weighted by molar-refractivity contribution is 5.96. The Morgan fingerprint density at radius 1 is 0.818 bits per heavy atom. The van der Waals surface area contributed by atoms with Gasteiger partial charge in [0.2, 0.25) is 10.9 Å². The molecular weight excluding hydrogens is 278 g/mol. The van der Waals surface area contributed by atoms with Crippen LogP contribution in [0.3, 0.4) is 0 Å². The van der Waals surface area contributed by atoms with Crippen molar-refractivity contribution >= 4 is 32.8 Å². The van der Waals surface area contributed by atoms with Crippen LogP contribution in [0, 0.1) is 0 Å². The lowest BCUT2D eigenvalue weighted by Crippen LogP contribution is -2.14. The summed E-state index contributed by atoms with van der Waals surface area (Å²) in [5, 5.41) is 1.09. The van der Waals surface area contributed by atoms with Crippen molar-refractivity contribution in [1.29, 1.82) is 0 Å². The van der Waals surface area contributed by atoms with E-state index in [0.29, 0.717) is 39.4 Å². The topological polar surface area (TPSA) is 91.7 Å². The van der Waals surface area contributed by atoms with Gasteiger partial charge in [-0.25, -0.2) is 0 Å². The van der Waals surface area contributed by atoms with Crippen molar-refractivity contribution in [3.63, 3.8) is 0 Å². The van der Waals surface area contributed by atoms with E-state index >= 15 is 0 Å². The first-order valence-corrected chi connectivity index (χ1v) is 6.99. The Hall–Kier alpha value is -2.92. The van der Waals surface area contributed by atoms with Crippen molar-refractivity contribution in [2.24, 2.45) is 5.73 Å². The molecule has 4 aromatic rings. The van der Waals surface area contributed by atoms with E-state index in [-0.39, 0.29) is 10.9 Å². The molecule has 0 aliphatic carbocycles. The summed E-state index contributed by atoms with van der Waals surface area (Å²) in [5.74, 6) is 0. The van der Waals surface area contributed by atoms with Crippen LogP contribution < -0.4 is 16.6 Å². The van der Waals surface area contributed by atoms with Gasteiger partial charge in [0.25, 0.3) is 0 Å². The van der Waals surface area contributed by atoms with Crippen LogP contribution in [0.25, 0.3) is 32.8 Å². The number of hydrogen-bond donors (Lipinski definition) is 3. The van der Waals surface area contributed by atoms with E-state index in [9.17, 15) is 9.59 Å². The molecule has 4 N–H and O–H groups in total. The van der Waals surface area contributed by atoms with Crippen molar-refractivity contribution in [2.45, 2.75) is 6.54 Å². The SMILES string of the molecule is NCc1ccc2[nH]c3c(=O)c4ccccc4[nH]c3c(=O)c2c1. The van der Waals surface area contributed by atoms with E-state index in [0.717, 1.165) is 5.56 Å². The zero-order valence-corrected chi connectivity index (χ0v) is 11.6. The maximum Gasteiger partial charge on any atom is 0.213 e. The van der Waals surface area contributed by atoms with Gasteiger partial charge in [0.15, 0.2) is 0 Å². The van der Waals surface area contributed by atoms with Crippen LogP contribution in [-0.4, -0.2) is 9.97 Å². The number of benzene rings is 2. The highest BCUT2D eigenvalue weighted by Gasteiger charge is 2.11. The van der Waals surface area contributed by atoms with Crippen molar-refractivity contribution in [2.75, 3.05) is 0 Å². The summed E-state index contributed by atoms with van der Waals surface area (Å²) in [5.41, 5.74) is 8.03. The Labute approximate surface area is 124 Å². The maximum absolute atomic E-state index is 12.7. The average Bonchev–Trinajstić information content (AvgIpc) is 2.56. The molecule has 0 saturated carbocycles. The lowest BCUT2D eigenvalue weighted by Gasteiger charge is -2.06. The molecule has 4 rings (SSSR count). The molecule has 2 aromatic heterocycles. The first-order chi connectivity index (χ1) is 10.7. The lowest BCUT2D eigenvalue weighted by atomic mass is 10.1. The molecule has 0 amide bonds. The van der Waals surface area contributed by atoms with Gasteiger partial charge < -0.3 is 15.7 Å². The van der Waals surface area contributed by atoms with E-state index in [4.69, 9.17) is 5.73 Å². The van der Waals surface area contributed by atoms with Gasteiger partial charge in [-0.05, 0) is 29.8 Å². The Morgan fingerprint density at radius 2 is 1.45 bits per heavy atom. The normalized spacial score (nSPS) is 11.5. The number of rotatable bonds is 1. The van der Waals surface area contributed by atoms with E-state index in [1.807, 2.05) is 12.1 Å². The molecule has 0 fully saturated rings. The summed E-state index contributed by atoms with van der Waals surface area (Å²) in [4.78, 5) is 31.5. The molecular formula is C17H13N3O2. The molecule has 22 heavy (non-hydrogen) atoms. The van der Waals surface area contributed by atoms with Gasteiger partial charge in [-0.15, -0.1) is 0 Å². The van der Waals surface area contributed by atoms with E-state index in [2.05, 4.69) is 9.97 Å². The van der Waals surface area contributed by atoms with Gasteiger partial charge in [0, 0.05) is 28.4 Å². The summed E-state index contributed by atoms with van der Waals surface area (Å²) < 4.78 is 0. The molecule has 0 atom stereocenters. The minimum absolute atomic E-state index is 0.175. The van der Waals surface area contributed by atoms with E-state index in [1.165, 1.54) is 0 Å². The number of pyridine rings is 2. The van der Waals surface area contributed by atoms with Crippen LogP contribution in [0.2, 0.25) is 0 Å². The quantitative estimate of drug-likeness (QED) is 0.468. The predicted octanol–water partition coefficient (Wildman–Crippen LogP) is 1.98. The van der Waals surface area contributed by atoms with Crippen molar-refractivity contribution in [3.05, 3.63) is 68.5 Å². The fraction of sp³-hybridized carbons (Fsp3) is 0.0588. The largest absolute Gasteiger partial charge is 0.350 e. The third kappa shape index (κ3) is 1.69. The third-order valence-electron chi connectivity index (χ3n) is 3.96. The highest BCUT2D eigenvalue weighted by Crippen LogP contribution is 2.16. The molecule has 0 radical (unpaired) electrons. The van der Waals surface area contributed by atoms with E-state index < -0.39 is 0 Å². The van der Waals surface area contributed by atoms with Crippen LogP contribution in [0.5, 0.6) is 0 Å². The summed E-state index contributed by atoms with van der Waals surface area (Å²) in [7, 11) is 0. The minimum atomic E-state index is -0.193. The second kappa shape index (κ2) is 4.54. The number of hydrogen-bond acceptors (Lipinski definition) is 3. The van der Waals surface area contributed by atoms with Gasteiger partial charge >= 0.3 is 0 Å². The number of nitrogens with one attached hydrogen (secondary N) is 2. The van der Waals surface area contributed by atoms with Crippen LogP contribution >= 0.6 is 0 Å². The molecule has 0 saturated heterocycles. The fourth-order valence-corrected chi connectivity index (χ4v) is 2.81. The van der Waals surface area contributed by atoms with Gasteiger partial charge in [0.1, 0.15) is 11.0 Å². The minimum Gasteiger partial charge on any atom is -0.350 e. The van der Waals surface area contributed by atoms with Crippen molar-refractivity contribution in [3.8, 4) is 0 Å². The van der Waals surface area contributed by atoms with Gasteiger partial charge in [-0.1, -0.05) is 18.2 Å². The zero-order chi connectivity index (χ0) is 15.3. The second-order valence-electron chi connectivity index (χ2n) is 5.29. The number of H-pyrrole nitrogens is 2. The van der Waals surface area contributed by atoms with Crippen molar-refractivity contribution in [1.82, 2.24) is 9.97 Å². The third-order valence-corrected chi connectivity index (χ3v) is 3.96. The second-order valence-corrected chi connectivity index (χ2v) is 5.29. The highest BCUT2D eigenvalue weighted by atomic mass is 16.1. The maximum atomic E-state index is 12.7. The van der Waals surface area contributed by atoms with Crippen LogP contribution in [0.4, 0.5) is 0 Å². The molecule has 0 spiro atoms. The van der Waals surface area contributed by atoms with Crippen LogP contribution in [0.1, 0.15) is 5.56 Å². The van der Waals surface area contributed by atoms with Gasteiger partial charge in [-0.3, -0.25) is 9.59 Å². The molecule has 0 aliphatic heterocycles. The fourth-order valence-electron chi connectivity index (χ4n) is 2.81. The number of nitrogens with two attached hydrogens (primary N) is 1. The molecule has 0 aliphatic rings. The van der Waals surface area contributed by atoms with Crippen molar-refractivity contribution < 1.29 is 0 Å². The molecule has 2 aromatic carbocycles. The van der Waals surface area contributed by atoms with Gasteiger partial charge in [-0.2, -0.15) is 0 Å². The Balaban J connectivity index is 2.27. The van der Waals surface area contributed by atoms with Gasteiger partial charge in [0.05, 0.1) is 0 Å². The number of fused-ring (bicyclic) bond motifs is 3. The predicted molar refractivity (Wildman–Crippen MR) is 88.1 cm³/mol. The zero-order valence-electron chi connectivity index (χ0n) is 11.6. The van der Waals surface area contributed by atoms with Crippen LogP contribution in [0.15, 0.2) is 52.1 Å². The Bertz CT molecular complexity index is 1160. The molecule has 0 bridgehead atoms. The summed E-state index contributed by atoms with van der Waals surface area (Å²) >= 11 is 0. The summed E-state index contributed by atoms with van der Waals surface area (Å²) in [6.07, 6.45) is 0. The summed E-state index contributed by atoms with van der Waals surface area (Å²) in [6, 6.07) is 12.6. The number of aromatic nitrogens is 2. The molecule has 5 nitrogen and oxygen atoms in total. The van der Waals surface area contributed by atoms with Crippen LogP contribution in [-0.2, 0) is 6.54 Å². The van der Waals surface area contributed by atoms with E-state index in [1.54, 1.807) is 30.3 Å². The monoisotopic (exact) mass is 291 g/mol. The standard InChI is InChI=1S/C17H13N3O2/c18-8-9-5-6-13-11(7-9)17(22)15-14(20-13)16(21)10-3-1-2-4-12(10)19-15/h1-7H,8,18H2,(H,19,21)(H,20,22). The number of aromatic amines is 2. The molecule has 5 heteroatoms. The average molecular weight is 291 g/mol. The molecule has 2 heterocycles. The molecule has 108 valence electrons. The molecule has 0 unspecified atom stereocenters. The lowest BCUT2D eigenvalue weighted by molar-refractivity contribution is 1.07. The first kappa shape index (κ1) is 12.8. The first-order valence-electron chi connectivity index (χ1n) is 6.99. The Morgan fingerprint density at radius 3 is 2.18 bits per heavy atom. The Kier molecular flexibility index (Phi) is 2.64.